The van der Waals surface area contributed by atoms with Gasteiger partial charge in [0.2, 0.25) is 17.6 Å². The molecule has 0 saturated carbocycles. The van der Waals surface area contributed by atoms with Crippen LogP contribution in [0.5, 0.6) is 0 Å². The van der Waals surface area contributed by atoms with Gasteiger partial charge in [-0.15, -0.1) is 0 Å². The fourth-order valence-corrected chi connectivity index (χ4v) is 4.83. The van der Waals surface area contributed by atoms with E-state index in [0.717, 1.165) is 44.8 Å². The quantitative estimate of drug-likeness (QED) is 0.574. The number of piperidine rings is 1. The standard InChI is InChI=1S/C25H29N5O3/c31-24(9-8-23-27-25(28-33-23)20-6-2-1-3-7-20)30-12-10-22-21(17-30)18-32-14-13-29(22)16-19-5-4-11-26-15-19/h1-7,11,15,21-22H,8-10,12-14,16-18H2. The molecular weight excluding hydrogens is 418 g/mol. The van der Waals surface area contributed by atoms with Gasteiger partial charge in [-0.05, 0) is 18.1 Å². The summed E-state index contributed by atoms with van der Waals surface area (Å²) in [4.78, 5) is 26.1. The van der Waals surface area contributed by atoms with Crippen LogP contribution >= 0.6 is 0 Å². The summed E-state index contributed by atoms with van der Waals surface area (Å²) in [7, 11) is 0. The molecule has 0 radical (unpaired) electrons. The van der Waals surface area contributed by atoms with E-state index in [1.807, 2.05) is 47.5 Å². The molecule has 2 aliphatic heterocycles. The van der Waals surface area contributed by atoms with Gasteiger partial charge in [-0.3, -0.25) is 14.7 Å². The zero-order chi connectivity index (χ0) is 22.5. The van der Waals surface area contributed by atoms with Crippen molar-refractivity contribution in [2.45, 2.75) is 31.8 Å². The minimum atomic E-state index is 0.135. The fraction of sp³-hybridized carbons (Fsp3) is 0.440. The van der Waals surface area contributed by atoms with E-state index in [1.165, 1.54) is 5.56 Å². The first-order chi connectivity index (χ1) is 16.3. The third-order valence-electron chi connectivity index (χ3n) is 6.53. The summed E-state index contributed by atoms with van der Waals surface area (Å²) < 4.78 is 11.3. The highest BCUT2D eigenvalue weighted by molar-refractivity contribution is 5.76. The predicted molar refractivity (Wildman–Crippen MR) is 122 cm³/mol. The molecule has 2 aliphatic rings. The number of carbonyl (C=O) groups excluding carboxylic acids is 1. The summed E-state index contributed by atoms with van der Waals surface area (Å²) in [5.41, 5.74) is 2.12. The Kier molecular flexibility index (Phi) is 6.73. The van der Waals surface area contributed by atoms with Crippen molar-refractivity contribution in [2.75, 3.05) is 32.8 Å². The van der Waals surface area contributed by atoms with E-state index in [4.69, 9.17) is 9.26 Å². The van der Waals surface area contributed by atoms with Gasteiger partial charge in [0.15, 0.2) is 0 Å². The molecule has 8 heteroatoms. The Morgan fingerprint density at radius 1 is 1.12 bits per heavy atom. The summed E-state index contributed by atoms with van der Waals surface area (Å²) in [5, 5.41) is 4.05. The highest BCUT2D eigenvalue weighted by Gasteiger charge is 2.36. The van der Waals surface area contributed by atoms with Gasteiger partial charge in [0.05, 0.1) is 13.2 Å². The second kappa shape index (κ2) is 10.2. The van der Waals surface area contributed by atoms with Crippen molar-refractivity contribution in [1.29, 1.82) is 0 Å². The minimum absolute atomic E-state index is 0.135. The van der Waals surface area contributed by atoms with Gasteiger partial charge in [0, 0.05) is 68.9 Å². The van der Waals surface area contributed by atoms with Gasteiger partial charge in [0.25, 0.3) is 0 Å². The molecular formula is C25H29N5O3. The van der Waals surface area contributed by atoms with Crippen LogP contribution in [0.15, 0.2) is 59.4 Å². The minimum Gasteiger partial charge on any atom is -0.380 e. The molecule has 2 saturated heterocycles. The zero-order valence-corrected chi connectivity index (χ0v) is 18.7. The van der Waals surface area contributed by atoms with Crippen molar-refractivity contribution in [3.05, 3.63) is 66.3 Å². The molecule has 3 aromatic rings. The summed E-state index contributed by atoms with van der Waals surface area (Å²) in [5.74, 6) is 1.51. The maximum absolute atomic E-state index is 13.0. The summed E-state index contributed by atoms with van der Waals surface area (Å²) in [6.07, 6.45) is 5.51. The average molecular weight is 448 g/mol. The number of ether oxygens (including phenoxy) is 1. The summed E-state index contributed by atoms with van der Waals surface area (Å²) in [6.45, 7) is 4.69. The number of hydrogen-bond donors (Lipinski definition) is 0. The lowest BCUT2D eigenvalue weighted by molar-refractivity contribution is -0.134. The van der Waals surface area contributed by atoms with E-state index in [0.29, 0.717) is 43.1 Å². The average Bonchev–Trinajstić information content (AvgIpc) is 3.26. The molecule has 2 atom stereocenters. The Bertz CT molecular complexity index is 1040. The Morgan fingerprint density at radius 3 is 2.88 bits per heavy atom. The van der Waals surface area contributed by atoms with Crippen molar-refractivity contribution in [3.8, 4) is 11.4 Å². The van der Waals surface area contributed by atoms with Crippen LogP contribution in [-0.4, -0.2) is 69.7 Å². The van der Waals surface area contributed by atoms with E-state index >= 15 is 0 Å². The monoisotopic (exact) mass is 447 g/mol. The van der Waals surface area contributed by atoms with E-state index in [1.54, 1.807) is 6.20 Å². The number of hydrogen-bond acceptors (Lipinski definition) is 7. The summed E-state index contributed by atoms with van der Waals surface area (Å²) >= 11 is 0. The van der Waals surface area contributed by atoms with Crippen LogP contribution in [0, 0.1) is 5.92 Å². The van der Waals surface area contributed by atoms with Gasteiger partial charge < -0.3 is 14.2 Å². The number of nitrogens with zero attached hydrogens (tertiary/aromatic N) is 5. The summed E-state index contributed by atoms with van der Waals surface area (Å²) in [6, 6.07) is 14.2. The SMILES string of the molecule is O=C(CCc1nc(-c2ccccc2)no1)N1CCC2C(COCCN2Cc2cccnc2)C1. The van der Waals surface area contributed by atoms with Crippen LogP contribution in [0.3, 0.4) is 0 Å². The van der Waals surface area contributed by atoms with E-state index in [9.17, 15) is 4.79 Å². The molecule has 0 bridgehead atoms. The van der Waals surface area contributed by atoms with E-state index < -0.39 is 0 Å². The first-order valence-corrected chi connectivity index (χ1v) is 11.6. The number of pyridine rings is 1. The molecule has 4 heterocycles. The lowest BCUT2D eigenvalue weighted by Crippen LogP contribution is -2.52. The second-order valence-electron chi connectivity index (χ2n) is 8.74. The van der Waals surface area contributed by atoms with Crippen molar-refractivity contribution in [3.63, 3.8) is 0 Å². The van der Waals surface area contributed by atoms with Gasteiger partial charge in [-0.2, -0.15) is 4.98 Å². The Labute approximate surface area is 193 Å². The van der Waals surface area contributed by atoms with Gasteiger partial charge in [-0.1, -0.05) is 41.6 Å². The largest absolute Gasteiger partial charge is 0.380 e. The number of likely N-dealkylation sites (tertiary alicyclic amines) is 1. The van der Waals surface area contributed by atoms with Crippen LogP contribution in [-0.2, 0) is 22.5 Å². The van der Waals surface area contributed by atoms with Crippen molar-refractivity contribution in [1.82, 2.24) is 24.9 Å². The van der Waals surface area contributed by atoms with Crippen molar-refractivity contribution >= 4 is 5.91 Å². The molecule has 2 unspecified atom stereocenters. The molecule has 5 rings (SSSR count). The molecule has 8 nitrogen and oxygen atoms in total. The molecule has 172 valence electrons. The maximum atomic E-state index is 13.0. The number of amides is 1. The van der Waals surface area contributed by atoms with Crippen LogP contribution in [0.1, 0.15) is 24.3 Å². The van der Waals surface area contributed by atoms with Gasteiger partial charge in [-0.25, -0.2) is 0 Å². The first-order valence-electron chi connectivity index (χ1n) is 11.6. The molecule has 2 aromatic heterocycles. The smallest absolute Gasteiger partial charge is 0.227 e. The normalized spacial score (nSPS) is 21.4. The molecule has 1 amide bonds. The number of aryl methyl sites for hydroxylation is 1. The lowest BCUT2D eigenvalue weighted by Gasteiger charge is -2.42. The number of benzene rings is 1. The van der Waals surface area contributed by atoms with E-state index in [2.05, 4.69) is 26.1 Å². The van der Waals surface area contributed by atoms with Gasteiger partial charge in [0.1, 0.15) is 0 Å². The van der Waals surface area contributed by atoms with Crippen LogP contribution < -0.4 is 0 Å². The maximum Gasteiger partial charge on any atom is 0.227 e. The van der Waals surface area contributed by atoms with Crippen molar-refractivity contribution < 1.29 is 14.1 Å². The highest BCUT2D eigenvalue weighted by atomic mass is 16.5. The van der Waals surface area contributed by atoms with Crippen molar-refractivity contribution in [2.24, 2.45) is 5.92 Å². The fourth-order valence-electron chi connectivity index (χ4n) is 4.83. The molecule has 2 fully saturated rings. The number of carbonyl (C=O) groups is 1. The first kappa shape index (κ1) is 21.7. The Balaban J connectivity index is 1.16. The zero-order valence-electron chi connectivity index (χ0n) is 18.7. The van der Waals surface area contributed by atoms with E-state index in [-0.39, 0.29) is 5.91 Å². The molecule has 1 aromatic carbocycles. The predicted octanol–water partition coefficient (Wildman–Crippen LogP) is 2.81. The third-order valence-corrected chi connectivity index (χ3v) is 6.53. The second-order valence-corrected chi connectivity index (χ2v) is 8.74. The Hall–Kier alpha value is -3.10. The molecule has 0 aliphatic carbocycles. The van der Waals surface area contributed by atoms with Crippen LogP contribution in [0.2, 0.25) is 0 Å². The number of rotatable bonds is 6. The molecule has 0 N–H and O–H groups in total. The Morgan fingerprint density at radius 2 is 2.03 bits per heavy atom. The van der Waals surface area contributed by atoms with Gasteiger partial charge >= 0.3 is 0 Å². The topological polar surface area (TPSA) is 84.6 Å². The highest BCUT2D eigenvalue weighted by Crippen LogP contribution is 2.27. The van der Waals surface area contributed by atoms with Crippen LogP contribution in [0.4, 0.5) is 0 Å². The third kappa shape index (κ3) is 5.29. The molecule has 0 spiro atoms. The van der Waals surface area contributed by atoms with Crippen LogP contribution in [0.25, 0.3) is 11.4 Å². The lowest BCUT2D eigenvalue weighted by atomic mass is 9.91. The number of aromatic nitrogens is 3. The number of fused-ring (bicyclic) bond motifs is 1. The molecule has 33 heavy (non-hydrogen) atoms.